The van der Waals surface area contributed by atoms with Gasteiger partial charge in [-0.3, -0.25) is 0 Å². The first kappa shape index (κ1) is 13.8. The number of fused-ring (bicyclic) bond motifs is 3. The SMILES string of the molecule is COc1ccc(Nc2nc3ccc4oc(=O)ccc4c3s2)cc1. The standard InChI is InChI=1S/C17H12N2O3S/c1-21-11-4-2-10(3-5-11)18-17-19-13-7-8-14-12(16(13)23-17)6-9-15(20)22-14/h2-9H,1H3,(H,18,19). The molecule has 0 fully saturated rings. The first-order valence-corrected chi connectivity index (χ1v) is 7.79. The second kappa shape index (κ2) is 5.40. The van der Waals surface area contributed by atoms with Crippen LogP contribution in [0, 0.1) is 0 Å². The van der Waals surface area contributed by atoms with Crippen molar-refractivity contribution in [2.24, 2.45) is 0 Å². The van der Waals surface area contributed by atoms with E-state index in [1.807, 2.05) is 30.3 Å². The Morgan fingerprint density at radius 2 is 1.91 bits per heavy atom. The van der Waals surface area contributed by atoms with Gasteiger partial charge < -0.3 is 14.5 Å². The Balaban J connectivity index is 1.75. The van der Waals surface area contributed by atoms with Crippen molar-refractivity contribution in [3.05, 3.63) is 59.0 Å². The molecule has 0 saturated heterocycles. The predicted molar refractivity (Wildman–Crippen MR) is 91.9 cm³/mol. The first-order valence-electron chi connectivity index (χ1n) is 6.97. The zero-order chi connectivity index (χ0) is 15.8. The number of methoxy groups -OCH3 is 1. The molecule has 0 aliphatic rings. The molecule has 4 aromatic rings. The fraction of sp³-hybridized carbons (Fsp3) is 0.0588. The van der Waals surface area contributed by atoms with Crippen LogP contribution in [0.4, 0.5) is 10.8 Å². The zero-order valence-corrected chi connectivity index (χ0v) is 13.0. The molecule has 2 aromatic carbocycles. The van der Waals surface area contributed by atoms with Gasteiger partial charge in [-0.2, -0.15) is 0 Å². The summed E-state index contributed by atoms with van der Waals surface area (Å²) in [6, 6.07) is 14.5. The lowest BCUT2D eigenvalue weighted by molar-refractivity contribution is 0.415. The second-order valence-electron chi connectivity index (χ2n) is 4.95. The van der Waals surface area contributed by atoms with Gasteiger partial charge >= 0.3 is 5.63 Å². The Morgan fingerprint density at radius 1 is 1.09 bits per heavy atom. The van der Waals surface area contributed by atoms with Gasteiger partial charge in [0.25, 0.3) is 0 Å². The number of aromatic nitrogens is 1. The number of anilines is 2. The van der Waals surface area contributed by atoms with Crippen molar-refractivity contribution in [2.75, 3.05) is 12.4 Å². The van der Waals surface area contributed by atoms with Crippen LogP contribution in [0.5, 0.6) is 5.75 Å². The van der Waals surface area contributed by atoms with Crippen molar-refractivity contribution in [1.29, 1.82) is 0 Å². The maximum Gasteiger partial charge on any atom is 0.336 e. The number of nitrogens with zero attached hydrogens (tertiary/aromatic N) is 1. The van der Waals surface area contributed by atoms with Crippen molar-refractivity contribution < 1.29 is 9.15 Å². The van der Waals surface area contributed by atoms with Crippen molar-refractivity contribution >= 4 is 43.3 Å². The maximum atomic E-state index is 11.3. The fourth-order valence-electron chi connectivity index (χ4n) is 2.39. The van der Waals surface area contributed by atoms with Gasteiger partial charge in [0.05, 0.1) is 17.3 Å². The van der Waals surface area contributed by atoms with Crippen LogP contribution in [0.1, 0.15) is 0 Å². The van der Waals surface area contributed by atoms with Crippen LogP contribution >= 0.6 is 11.3 Å². The molecule has 114 valence electrons. The highest BCUT2D eigenvalue weighted by Crippen LogP contribution is 2.33. The molecule has 2 aromatic heterocycles. The average Bonchev–Trinajstić information content (AvgIpc) is 2.98. The third-order valence-electron chi connectivity index (χ3n) is 3.49. The van der Waals surface area contributed by atoms with Crippen molar-refractivity contribution in [3.63, 3.8) is 0 Å². The molecule has 0 spiro atoms. The van der Waals surface area contributed by atoms with E-state index in [4.69, 9.17) is 9.15 Å². The number of benzene rings is 2. The lowest BCUT2D eigenvalue weighted by Crippen LogP contribution is -1.93. The maximum absolute atomic E-state index is 11.3. The van der Waals surface area contributed by atoms with E-state index in [0.29, 0.717) is 5.58 Å². The third kappa shape index (κ3) is 2.53. The number of thiazole rings is 1. The van der Waals surface area contributed by atoms with Crippen LogP contribution in [0.25, 0.3) is 21.2 Å². The second-order valence-corrected chi connectivity index (χ2v) is 5.95. The smallest absolute Gasteiger partial charge is 0.336 e. The Hall–Kier alpha value is -2.86. The molecule has 4 rings (SSSR count). The fourth-order valence-corrected chi connectivity index (χ4v) is 3.39. The molecule has 0 amide bonds. The average molecular weight is 324 g/mol. The Morgan fingerprint density at radius 3 is 2.70 bits per heavy atom. The Labute approximate surface area is 135 Å². The number of nitrogens with one attached hydrogen (secondary N) is 1. The van der Waals surface area contributed by atoms with E-state index in [9.17, 15) is 4.79 Å². The van der Waals surface area contributed by atoms with E-state index in [1.165, 1.54) is 17.4 Å². The Bertz CT molecular complexity index is 1050. The van der Waals surface area contributed by atoms with E-state index in [0.717, 1.165) is 32.2 Å². The van der Waals surface area contributed by atoms with E-state index in [1.54, 1.807) is 19.2 Å². The van der Waals surface area contributed by atoms with Gasteiger partial charge in [0.15, 0.2) is 5.13 Å². The number of rotatable bonds is 3. The molecule has 0 unspecified atom stereocenters. The molecule has 0 bridgehead atoms. The van der Waals surface area contributed by atoms with Crippen LogP contribution < -0.4 is 15.7 Å². The van der Waals surface area contributed by atoms with Crippen LogP contribution in [0.3, 0.4) is 0 Å². The number of hydrogen-bond acceptors (Lipinski definition) is 6. The molecule has 0 aliphatic carbocycles. The molecule has 2 heterocycles. The summed E-state index contributed by atoms with van der Waals surface area (Å²) in [5.74, 6) is 0.806. The molecule has 0 saturated carbocycles. The monoisotopic (exact) mass is 324 g/mol. The highest BCUT2D eigenvalue weighted by atomic mass is 32.1. The summed E-state index contributed by atoms with van der Waals surface area (Å²) in [6.07, 6.45) is 0. The highest BCUT2D eigenvalue weighted by Gasteiger charge is 2.09. The summed E-state index contributed by atoms with van der Waals surface area (Å²) in [5.41, 5.74) is 2.02. The molecular weight excluding hydrogens is 312 g/mol. The topological polar surface area (TPSA) is 64.4 Å². The Kier molecular flexibility index (Phi) is 3.24. The lowest BCUT2D eigenvalue weighted by Gasteiger charge is -2.03. The molecule has 5 nitrogen and oxygen atoms in total. The first-order chi connectivity index (χ1) is 11.2. The number of hydrogen-bond donors (Lipinski definition) is 1. The van der Waals surface area contributed by atoms with E-state index in [2.05, 4.69) is 10.3 Å². The highest BCUT2D eigenvalue weighted by molar-refractivity contribution is 7.23. The molecule has 23 heavy (non-hydrogen) atoms. The van der Waals surface area contributed by atoms with Gasteiger partial charge in [-0.05, 0) is 42.5 Å². The predicted octanol–water partition coefficient (Wildman–Crippen LogP) is 4.15. The summed E-state index contributed by atoms with van der Waals surface area (Å²) in [7, 11) is 1.64. The third-order valence-corrected chi connectivity index (χ3v) is 4.51. The largest absolute Gasteiger partial charge is 0.497 e. The minimum atomic E-state index is -0.349. The van der Waals surface area contributed by atoms with Crippen LogP contribution in [0.2, 0.25) is 0 Å². The van der Waals surface area contributed by atoms with Gasteiger partial charge in [-0.25, -0.2) is 9.78 Å². The molecule has 1 N–H and O–H groups in total. The molecule has 0 radical (unpaired) electrons. The minimum absolute atomic E-state index is 0.349. The molecule has 0 aliphatic heterocycles. The van der Waals surface area contributed by atoms with Gasteiger partial charge in [0.2, 0.25) is 0 Å². The summed E-state index contributed by atoms with van der Waals surface area (Å²) in [5, 5.41) is 4.95. The van der Waals surface area contributed by atoms with Crippen LogP contribution in [-0.4, -0.2) is 12.1 Å². The molecule has 6 heteroatoms. The summed E-state index contributed by atoms with van der Waals surface area (Å²) in [6.45, 7) is 0. The lowest BCUT2D eigenvalue weighted by atomic mass is 10.2. The van der Waals surface area contributed by atoms with E-state index in [-0.39, 0.29) is 5.63 Å². The zero-order valence-electron chi connectivity index (χ0n) is 12.2. The van der Waals surface area contributed by atoms with Gasteiger partial charge in [-0.1, -0.05) is 11.3 Å². The van der Waals surface area contributed by atoms with Crippen LogP contribution in [0.15, 0.2) is 57.7 Å². The quantitative estimate of drug-likeness (QED) is 0.573. The van der Waals surface area contributed by atoms with Crippen molar-refractivity contribution in [1.82, 2.24) is 4.98 Å². The van der Waals surface area contributed by atoms with Crippen molar-refractivity contribution in [2.45, 2.75) is 0 Å². The van der Waals surface area contributed by atoms with E-state index < -0.39 is 0 Å². The molecule has 0 atom stereocenters. The number of ether oxygens (including phenoxy) is 1. The summed E-state index contributed by atoms with van der Waals surface area (Å²) >= 11 is 1.52. The van der Waals surface area contributed by atoms with Crippen molar-refractivity contribution in [3.8, 4) is 5.75 Å². The van der Waals surface area contributed by atoms with Gasteiger partial charge in [0, 0.05) is 17.1 Å². The minimum Gasteiger partial charge on any atom is -0.497 e. The van der Waals surface area contributed by atoms with Gasteiger partial charge in [-0.15, -0.1) is 0 Å². The van der Waals surface area contributed by atoms with E-state index >= 15 is 0 Å². The summed E-state index contributed by atoms with van der Waals surface area (Å²) in [4.78, 5) is 15.9. The molecular formula is C17H12N2O3S. The summed E-state index contributed by atoms with van der Waals surface area (Å²) < 4.78 is 11.3. The normalized spacial score (nSPS) is 11.0. The van der Waals surface area contributed by atoms with Gasteiger partial charge in [0.1, 0.15) is 11.3 Å². The van der Waals surface area contributed by atoms with Crippen LogP contribution in [-0.2, 0) is 0 Å².